The van der Waals surface area contributed by atoms with E-state index in [-0.39, 0.29) is 0 Å². The molecule has 19 heavy (non-hydrogen) atoms. The number of ether oxygens (including phenoxy) is 1. The minimum absolute atomic E-state index is 0.443. The Hall–Kier alpha value is -0.590. The van der Waals surface area contributed by atoms with Gasteiger partial charge in [0.25, 0.3) is 0 Å². The second-order valence-electron chi connectivity index (χ2n) is 4.14. The molecule has 0 radical (unpaired) electrons. The molecule has 0 amide bonds. The van der Waals surface area contributed by atoms with Crippen molar-refractivity contribution in [3.63, 3.8) is 0 Å². The Bertz CT molecular complexity index is 452. The molecule has 0 heterocycles. The first-order valence-electron chi connectivity index (χ1n) is 5.97. The molecule has 0 bridgehead atoms. The summed E-state index contributed by atoms with van der Waals surface area (Å²) in [6.45, 7) is 2.41. The van der Waals surface area contributed by atoms with Crippen LogP contribution in [0, 0.1) is 0 Å². The molecule has 2 N–H and O–H groups in total. The van der Waals surface area contributed by atoms with E-state index in [9.17, 15) is 4.79 Å². The maximum Gasteiger partial charge on any atom is 0.320 e. The second kappa shape index (κ2) is 7.87. The predicted octanol–water partition coefficient (Wildman–Crippen LogP) is 3.56. The molecule has 0 aliphatic carbocycles. The summed E-state index contributed by atoms with van der Waals surface area (Å²) in [6, 6.07) is 3.28. The predicted molar refractivity (Wildman–Crippen MR) is 81.6 cm³/mol. The summed E-state index contributed by atoms with van der Waals surface area (Å²) >= 11 is 6.84. The van der Waals surface area contributed by atoms with Crippen LogP contribution in [0.4, 0.5) is 0 Å². The lowest BCUT2D eigenvalue weighted by Gasteiger charge is -2.16. The molecule has 0 aliphatic rings. The van der Waals surface area contributed by atoms with Crippen LogP contribution in [0.3, 0.4) is 0 Å². The number of aliphatic carboxylic acids is 1. The molecule has 6 heteroatoms. The number of halogens is 2. The summed E-state index contributed by atoms with van der Waals surface area (Å²) in [5.41, 5.74) is 0.908. The van der Waals surface area contributed by atoms with Gasteiger partial charge in [0.05, 0.1) is 11.6 Å². The van der Waals surface area contributed by atoms with Crippen molar-refractivity contribution >= 4 is 37.8 Å². The van der Waals surface area contributed by atoms with Gasteiger partial charge in [-0.05, 0) is 34.5 Å². The Labute approximate surface area is 129 Å². The van der Waals surface area contributed by atoms with Crippen molar-refractivity contribution < 1.29 is 14.6 Å². The van der Waals surface area contributed by atoms with Crippen molar-refractivity contribution in [1.82, 2.24) is 5.32 Å². The fraction of sp³-hybridized carbons (Fsp3) is 0.462. The van der Waals surface area contributed by atoms with Crippen molar-refractivity contribution in [2.45, 2.75) is 32.4 Å². The Morgan fingerprint density at radius 3 is 2.68 bits per heavy atom. The van der Waals surface area contributed by atoms with Crippen molar-refractivity contribution in [2.75, 3.05) is 7.11 Å². The lowest BCUT2D eigenvalue weighted by atomic mass is 10.1. The van der Waals surface area contributed by atoms with Gasteiger partial charge in [-0.15, -0.1) is 0 Å². The zero-order valence-corrected chi connectivity index (χ0v) is 14.0. The van der Waals surface area contributed by atoms with E-state index in [0.29, 0.717) is 13.0 Å². The Morgan fingerprint density at radius 1 is 1.47 bits per heavy atom. The molecule has 0 saturated heterocycles. The van der Waals surface area contributed by atoms with Crippen molar-refractivity contribution in [1.29, 1.82) is 0 Å². The van der Waals surface area contributed by atoms with Crippen molar-refractivity contribution in [2.24, 2.45) is 0 Å². The van der Waals surface area contributed by atoms with Gasteiger partial charge in [-0.3, -0.25) is 4.79 Å². The number of hydrogen-bond acceptors (Lipinski definition) is 3. The van der Waals surface area contributed by atoms with E-state index < -0.39 is 12.0 Å². The third-order valence-electron chi connectivity index (χ3n) is 2.70. The van der Waals surface area contributed by atoms with Gasteiger partial charge in [-0.2, -0.15) is 0 Å². The van der Waals surface area contributed by atoms with Gasteiger partial charge < -0.3 is 15.2 Å². The van der Waals surface area contributed by atoms with Gasteiger partial charge in [-0.25, -0.2) is 0 Å². The average Bonchev–Trinajstić information content (AvgIpc) is 2.33. The standard InChI is InChI=1S/C13H17Br2NO3/c1-3-4-11(13(17)18)16-7-8-5-9(14)6-10(15)12(8)19-2/h5-6,11,16H,3-4,7H2,1-2H3,(H,17,18). The first-order chi connectivity index (χ1) is 8.99. The fourth-order valence-electron chi connectivity index (χ4n) is 1.81. The Kier molecular flexibility index (Phi) is 6.82. The van der Waals surface area contributed by atoms with E-state index in [2.05, 4.69) is 37.2 Å². The van der Waals surface area contributed by atoms with Crippen LogP contribution in [0.2, 0.25) is 0 Å². The molecular weight excluding hydrogens is 378 g/mol. The van der Waals surface area contributed by atoms with Crippen LogP contribution in [0.5, 0.6) is 5.75 Å². The minimum Gasteiger partial charge on any atom is -0.495 e. The monoisotopic (exact) mass is 393 g/mol. The average molecular weight is 395 g/mol. The van der Waals surface area contributed by atoms with E-state index in [1.807, 2.05) is 19.1 Å². The number of carboxylic acids is 1. The van der Waals surface area contributed by atoms with Crippen LogP contribution in [0.1, 0.15) is 25.3 Å². The molecule has 106 valence electrons. The molecule has 1 rings (SSSR count). The quantitative estimate of drug-likeness (QED) is 0.742. The van der Waals surface area contributed by atoms with Gasteiger partial charge in [0, 0.05) is 16.6 Å². The topological polar surface area (TPSA) is 58.6 Å². The van der Waals surface area contributed by atoms with Gasteiger partial charge in [0.1, 0.15) is 11.8 Å². The number of hydrogen-bond donors (Lipinski definition) is 2. The molecule has 1 aromatic rings. The molecule has 4 nitrogen and oxygen atoms in total. The number of nitrogens with one attached hydrogen (secondary N) is 1. The summed E-state index contributed by atoms with van der Waals surface area (Å²) in [5.74, 6) is -0.105. The number of carbonyl (C=O) groups is 1. The molecule has 0 spiro atoms. The van der Waals surface area contributed by atoms with E-state index >= 15 is 0 Å². The number of methoxy groups -OCH3 is 1. The fourth-order valence-corrected chi connectivity index (χ4v) is 3.28. The molecule has 0 aliphatic heterocycles. The highest BCUT2D eigenvalue weighted by atomic mass is 79.9. The van der Waals surface area contributed by atoms with E-state index in [4.69, 9.17) is 9.84 Å². The van der Waals surface area contributed by atoms with E-state index in [1.54, 1.807) is 7.11 Å². The summed E-state index contributed by atoms with van der Waals surface area (Å²) < 4.78 is 7.08. The zero-order valence-electron chi connectivity index (χ0n) is 10.9. The highest BCUT2D eigenvalue weighted by Crippen LogP contribution is 2.32. The van der Waals surface area contributed by atoms with Gasteiger partial charge >= 0.3 is 5.97 Å². The van der Waals surface area contributed by atoms with E-state index in [1.165, 1.54) is 0 Å². The maximum atomic E-state index is 11.1. The normalized spacial score (nSPS) is 12.2. The maximum absolute atomic E-state index is 11.1. The molecule has 0 aromatic heterocycles. The lowest BCUT2D eigenvalue weighted by Crippen LogP contribution is -2.36. The molecule has 1 atom stereocenters. The third kappa shape index (κ3) is 4.78. The SMILES string of the molecule is CCCC(NCc1cc(Br)cc(Br)c1OC)C(=O)O. The summed E-state index contributed by atoms with van der Waals surface area (Å²) in [6.07, 6.45) is 1.43. The summed E-state index contributed by atoms with van der Waals surface area (Å²) in [4.78, 5) is 11.1. The molecule has 1 unspecified atom stereocenters. The lowest BCUT2D eigenvalue weighted by molar-refractivity contribution is -0.139. The van der Waals surface area contributed by atoms with Gasteiger partial charge in [0.2, 0.25) is 0 Å². The Balaban J connectivity index is 2.84. The highest BCUT2D eigenvalue weighted by Gasteiger charge is 2.17. The highest BCUT2D eigenvalue weighted by molar-refractivity contribution is 9.11. The van der Waals surface area contributed by atoms with Crippen LogP contribution < -0.4 is 10.1 Å². The van der Waals surface area contributed by atoms with Crippen LogP contribution >= 0.6 is 31.9 Å². The zero-order chi connectivity index (χ0) is 14.4. The number of carboxylic acid groups (broad SMARTS) is 1. The Morgan fingerprint density at radius 2 is 2.16 bits per heavy atom. The van der Waals surface area contributed by atoms with Crippen LogP contribution in [-0.4, -0.2) is 24.2 Å². The van der Waals surface area contributed by atoms with Crippen LogP contribution in [0.25, 0.3) is 0 Å². The first-order valence-corrected chi connectivity index (χ1v) is 7.56. The molecule has 0 fully saturated rings. The number of benzene rings is 1. The van der Waals surface area contributed by atoms with Crippen LogP contribution in [0.15, 0.2) is 21.1 Å². The van der Waals surface area contributed by atoms with E-state index in [0.717, 1.165) is 26.7 Å². The van der Waals surface area contributed by atoms with Gasteiger partial charge in [0.15, 0.2) is 0 Å². The molecule has 0 saturated carbocycles. The second-order valence-corrected chi connectivity index (χ2v) is 5.91. The van der Waals surface area contributed by atoms with Crippen LogP contribution in [-0.2, 0) is 11.3 Å². The van der Waals surface area contributed by atoms with Crippen molar-refractivity contribution in [3.05, 3.63) is 26.6 Å². The number of rotatable bonds is 7. The summed E-state index contributed by atoms with van der Waals surface area (Å²) in [5, 5.41) is 12.2. The smallest absolute Gasteiger partial charge is 0.320 e. The van der Waals surface area contributed by atoms with Crippen molar-refractivity contribution in [3.8, 4) is 5.75 Å². The molecule has 1 aromatic carbocycles. The minimum atomic E-state index is -0.824. The summed E-state index contributed by atoms with van der Waals surface area (Å²) in [7, 11) is 1.60. The van der Waals surface area contributed by atoms with Gasteiger partial charge in [-0.1, -0.05) is 29.3 Å². The molecular formula is C13H17Br2NO3. The third-order valence-corrected chi connectivity index (χ3v) is 3.75. The first kappa shape index (κ1) is 16.5. The largest absolute Gasteiger partial charge is 0.495 e.